The first-order valence-corrected chi connectivity index (χ1v) is 12.7. The van der Waals surface area contributed by atoms with Crippen molar-refractivity contribution in [3.8, 4) is 11.8 Å². The van der Waals surface area contributed by atoms with Crippen molar-refractivity contribution in [1.29, 1.82) is 0 Å². The second-order valence-electron chi connectivity index (χ2n) is 10.8. The number of hydrogen-bond donors (Lipinski definition) is 1. The van der Waals surface area contributed by atoms with E-state index in [-0.39, 0.29) is 24.4 Å². The predicted molar refractivity (Wildman–Crippen MR) is 139 cm³/mol. The summed E-state index contributed by atoms with van der Waals surface area (Å²) < 4.78 is 0. The number of nitrogens with zero attached hydrogens (tertiary/aromatic N) is 4. The average molecular weight is 489 g/mol. The fourth-order valence-corrected chi connectivity index (χ4v) is 4.94. The maximum absolute atomic E-state index is 13.7. The number of carbonyl (C=O) groups is 2. The molecule has 1 aromatic heterocycles. The highest BCUT2D eigenvalue weighted by atomic mass is 16.3. The summed E-state index contributed by atoms with van der Waals surface area (Å²) in [5.74, 6) is 6.01. The summed E-state index contributed by atoms with van der Waals surface area (Å²) in [4.78, 5) is 37.0. The van der Waals surface area contributed by atoms with Crippen molar-refractivity contribution in [3.63, 3.8) is 0 Å². The zero-order valence-corrected chi connectivity index (χ0v) is 21.7. The molecule has 36 heavy (non-hydrogen) atoms. The second-order valence-corrected chi connectivity index (χ2v) is 10.8. The number of hydrogen-bond acceptors (Lipinski definition) is 5. The van der Waals surface area contributed by atoms with Crippen molar-refractivity contribution >= 4 is 11.9 Å². The number of rotatable bonds is 6. The van der Waals surface area contributed by atoms with Gasteiger partial charge in [0, 0.05) is 37.9 Å². The lowest BCUT2D eigenvalue weighted by atomic mass is 9.85. The van der Waals surface area contributed by atoms with Crippen LogP contribution in [0.2, 0.25) is 0 Å². The largest absolute Gasteiger partial charge is 0.378 e. The van der Waals surface area contributed by atoms with Gasteiger partial charge in [-0.2, -0.15) is 0 Å². The minimum Gasteiger partial charge on any atom is -0.378 e. The van der Waals surface area contributed by atoms with Crippen LogP contribution in [0.3, 0.4) is 0 Å². The van der Waals surface area contributed by atoms with Gasteiger partial charge in [0.2, 0.25) is 0 Å². The third-order valence-corrected chi connectivity index (χ3v) is 6.77. The summed E-state index contributed by atoms with van der Waals surface area (Å²) in [6.45, 7) is 10.5. The lowest BCUT2D eigenvalue weighted by Gasteiger charge is -2.42. The molecule has 3 amide bonds. The fourth-order valence-electron chi connectivity index (χ4n) is 4.94. The number of carbonyl (C=O) groups excluding carboxylic acids is 2. The van der Waals surface area contributed by atoms with E-state index in [4.69, 9.17) is 0 Å². The SMILES string of the molecule is CC(C)CN1C(=O)N(Cc2ccccn2)C(=O)C12CCN(Cc1ccc(C#CC(C)(C)O)cc1)CC2. The van der Waals surface area contributed by atoms with Crippen LogP contribution in [-0.4, -0.2) is 67.5 Å². The van der Waals surface area contributed by atoms with Gasteiger partial charge in [-0.1, -0.05) is 43.9 Å². The van der Waals surface area contributed by atoms with E-state index in [1.807, 2.05) is 35.2 Å². The van der Waals surface area contributed by atoms with E-state index >= 15 is 0 Å². The van der Waals surface area contributed by atoms with E-state index in [1.54, 1.807) is 20.0 Å². The van der Waals surface area contributed by atoms with Crippen LogP contribution in [0, 0.1) is 17.8 Å². The normalized spacial score (nSPS) is 18.2. The molecular formula is C29H36N4O3. The number of urea groups is 1. The van der Waals surface area contributed by atoms with Crippen LogP contribution < -0.4 is 0 Å². The Morgan fingerprint density at radius 3 is 2.33 bits per heavy atom. The maximum Gasteiger partial charge on any atom is 0.328 e. The highest BCUT2D eigenvalue weighted by Gasteiger charge is 2.57. The molecule has 0 saturated carbocycles. The summed E-state index contributed by atoms with van der Waals surface area (Å²) >= 11 is 0. The molecular weight excluding hydrogens is 452 g/mol. The zero-order chi connectivity index (χ0) is 25.9. The Labute approximate surface area is 214 Å². The van der Waals surface area contributed by atoms with Crippen molar-refractivity contribution in [1.82, 2.24) is 19.7 Å². The number of benzene rings is 1. The van der Waals surface area contributed by atoms with Gasteiger partial charge in [-0.25, -0.2) is 4.79 Å². The molecule has 2 aliphatic heterocycles. The highest BCUT2D eigenvalue weighted by molar-refractivity contribution is 6.07. The van der Waals surface area contributed by atoms with Gasteiger partial charge in [0.05, 0.1) is 12.2 Å². The Balaban J connectivity index is 1.44. The standard InChI is InChI=1S/C29H36N4O3/c1-22(2)19-33-27(35)32(21-25-7-5-6-16-30-25)26(34)29(33)14-17-31(18-15-29)20-24-10-8-23(9-11-24)12-13-28(3,4)36/h5-11,16,22,36H,14-15,17-21H2,1-4H3. The van der Waals surface area contributed by atoms with Gasteiger partial charge >= 0.3 is 6.03 Å². The molecule has 1 spiro atoms. The topological polar surface area (TPSA) is 77.0 Å². The average Bonchev–Trinajstić information content (AvgIpc) is 3.02. The first-order chi connectivity index (χ1) is 17.1. The first-order valence-electron chi connectivity index (χ1n) is 12.7. The monoisotopic (exact) mass is 488 g/mol. The maximum atomic E-state index is 13.7. The molecule has 1 aromatic carbocycles. The smallest absolute Gasteiger partial charge is 0.328 e. The summed E-state index contributed by atoms with van der Waals surface area (Å²) in [7, 11) is 0. The molecule has 0 aliphatic carbocycles. The van der Waals surface area contributed by atoms with Gasteiger partial charge in [-0.15, -0.1) is 0 Å². The lowest BCUT2D eigenvalue weighted by Crippen LogP contribution is -2.57. The molecule has 2 fully saturated rings. The molecule has 190 valence electrons. The molecule has 0 bridgehead atoms. The van der Waals surface area contributed by atoms with E-state index in [0.717, 1.165) is 25.2 Å². The van der Waals surface area contributed by atoms with Crippen molar-refractivity contribution in [2.45, 2.75) is 64.8 Å². The third-order valence-electron chi connectivity index (χ3n) is 6.77. The van der Waals surface area contributed by atoms with Gasteiger partial charge in [0.1, 0.15) is 11.1 Å². The molecule has 1 N–H and O–H groups in total. The van der Waals surface area contributed by atoms with Crippen LogP contribution in [0.25, 0.3) is 0 Å². The number of aliphatic hydroxyl groups is 1. The number of likely N-dealkylation sites (tertiary alicyclic amines) is 1. The molecule has 2 aromatic rings. The lowest BCUT2D eigenvalue weighted by molar-refractivity contribution is -0.136. The van der Waals surface area contributed by atoms with E-state index in [1.165, 1.54) is 10.5 Å². The molecule has 4 rings (SSSR count). The molecule has 2 saturated heterocycles. The van der Waals surface area contributed by atoms with E-state index < -0.39 is 11.1 Å². The predicted octanol–water partition coefficient (Wildman–Crippen LogP) is 3.66. The quantitative estimate of drug-likeness (QED) is 0.496. The molecule has 0 radical (unpaired) electrons. The Morgan fingerprint density at radius 2 is 1.75 bits per heavy atom. The Morgan fingerprint density at radius 1 is 1.06 bits per heavy atom. The zero-order valence-electron chi connectivity index (χ0n) is 21.7. The molecule has 0 atom stereocenters. The van der Waals surface area contributed by atoms with Crippen LogP contribution in [0.4, 0.5) is 4.79 Å². The van der Waals surface area contributed by atoms with Gasteiger partial charge in [-0.3, -0.25) is 19.6 Å². The second kappa shape index (κ2) is 10.4. The number of amides is 3. The number of aromatic nitrogens is 1. The van der Waals surface area contributed by atoms with Crippen molar-refractivity contribution in [2.75, 3.05) is 19.6 Å². The van der Waals surface area contributed by atoms with E-state index in [0.29, 0.717) is 25.1 Å². The molecule has 3 heterocycles. The van der Waals surface area contributed by atoms with E-state index in [9.17, 15) is 14.7 Å². The van der Waals surface area contributed by atoms with Gasteiger partial charge < -0.3 is 10.0 Å². The number of imide groups is 1. The van der Waals surface area contributed by atoms with Gasteiger partial charge in [0.15, 0.2) is 0 Å². The van der Waals surface area contributed by atoms with Crippen molar-refractivity contribution in [3.05, 3.63) is 65.5 Å². The molecule has 7 nitrogen and oxygen atoms in total. The number of pyridine rings is 1. The third kappa shape index (κ3) is 5.77. The highest BCUT2D eigenvalue weighted by Crippen LogP contribution is 2.38. The van der Waals surface area contributed by atoms with E-state index in [2.05, 4.69) is 47.7 Å². The summed E-state index contributed by atoms with van der Waals surface area (Å²) in [5, 5.41) is 9.79. The first kappa shape index (κ1) is 25.9. The molecule has 2 aliphatic rings. The summed E-state index contributed by atoms with van der Waals surface area (Å²) in [5.41, 5.74) is 0.963. The Bertz CT molecular complexity index is 1140. The van der Waals surface area contributed by atoms with Crippen molar-refractivity contribution < 1.29 is 14.7 Å². The Hall–Kier alpha value is -3.21. The van der Waals surface area contributed by atoms with Crippen LogP contribution in [0.5, 0.6) is 0 Å². The fraction of sp³-hybridized carbons (Fsp3) is 0.483. The minimum absolute atomic E-state index is 0.0896. The van der Waals surface area contributed by atoms with Gasteiger partial charge in [-0.05, 0) is 62.4 Å². The van der Waals surface area contributed by atoms with Crippen LogP contribution in [-0.2, 0) is 17.9 Å². The molecule has 0 unspecified atom stereocenters. The molecule has 7 heteroatoms. The number of piperidine rings is 1. The Kier molecular flexibility index (Phi) is 7.49. The minimum atomic E-state index is -1.02. The summed E-state index contributed by atoms with van der Waals surface area (Å²) in [6.07, 6.45) is 2.93. The van der Waals surface area contributed by atoms with Crippen molar-refractivity contribution in [2.24, 2.45) is 5.92 Å². The van der Waals surface area contributed by atoms with Crippen LogP contribution in [0.15, 0.2) is 48.7 Å². The van der Waals surface area contributed by atoms with Crippen LogP contribution in [0.1, 0.15) is 57.4 Å². The van der Waals surface area contributed by atoms with Gasteiger partial charge in [0.25, 0.3) is 5.91 Å². The summed E-state index contributed by atoms with van der Waals surface area (Å²) in [6, 6.07) is 13.4. The van der Waals surface area contributed by atoms with Crippen LogP contribution >= 0.6 is 0 Å².